The lowest BCUT2D eigenvalue weighted by atomic mass is 9.87. The molecule has 2 atom stereocenters. The van der Waals surface area contributed by atoms with E-state index >= 15 is 0 Å². The summed E-state index contributed by atoms with van der Waals surface area (Å²) in [6.07, 6.45) is 5.00. The van der Waals surface area contributed by atoms with Crippen LogP contribution < -0.4 is 4.74 Å². The number of hydrogen-bond acceptors (Lipinski definition) is 6. The van der Waals surface area contributed by atoms with Crippen LogP contribution in [0.15, 0.2) is 66.7 Å². The van der Waals surface area contributed by atoms with Gasteiger partial charge < -0.3 is 23.4 Å². The first-order valence-corrected chi connectivity index (χ1v) is 16.4. The first-order chi connectivity index (χ1) is 18.5. The van der Waals surface area contributed by atoms with Crippen LogP contribution in [0, 0.1) is 0 Å². The molecule has 1 aliphatic heterocycles. The van der Waals surface area contributed by atoms with E-state index in [1.54, 1.807) is 12.0 Å². The van der Waals surface area contributed by atoms with Crippen LogP contribution in [0.25, 0.3) is 0 Å². The Kier molecular flexibility index (Phi) is 10.5. The number of amides is 1. The number of ether oxygens (including phenoxy) is 3. The third-order valence-electron chi connectivity index (χ3n) is 7.74. The van der Waals surface area contributed by atoms with Gasteiger partial charge in [0, 0.05) is 6.42 Å². The lowest BCUT2D eigenvalue weighted by Gasteiger charge is -2.48. The van der Waals surface area contributed by atoms with Gasteiger partial charge in [-0.25, -0.2) is 4.79 Å². The fraction of sp³-hybridized carbons (Fsp3) is 0.484. The van der Waals surface area contributed by atoms with Crippen LogP contribution in [0.5, 0.6) is 5.75 Å². The number of hydrogen-bond donors (Lipinski definition) is 0. The number of methoxy groups -OCH3 is 1. The van der Waals surface area contributed by atoms with Crippen LogP contribution in [0.3, 0.4) is 0 Å². The third kappa shape index (κ3) is 8.03. The van der Waals surface area contributed by atoms with E-state index in [4.69, 9.17) is 18.6 Å². The number of carbonyl (C=O) groups is 2. The zero-order valence-corrected chi connectivity index (χ0v) is 25.1. The van der Waals surface area contributed by atoms with Gasteiger partial charge in [0.15, 0.2) is 8.32 Å². The minimum Gasteiger partial charge on any atom is -0.497 e. The molecule has 0 spiro atoms. The molecule has 2 aromatic carbocycles. The van der Waals surface area contributed by atoms with Gasteiger partial charge in [0.2, 0.25) is 0 Å². The Balaban J connectivity index is 1.84. The van der Waals surface area contributed by atoms with Gasteiger partial charge in [-0.05, 0) is 47.8 Å². The molecule has 1 amide bonds. The Hall–Kier alpha value is -2.94. The van der Waals surface area contributed by atoms with E-state index in [9.17, 15) is 9.59 Å². The highest BCUT2D eigenvalue weighted by Gasteiger charge is 2.46. The zero-order chi connectivity index (χ0) is 28.5. The molecule has 3 rings (SSSR count). The van der Waals surface area contributed by atoms with Gasteiger partial charge in [-0.15, -0.1) is 0 Å². The molecule has 2 aromatic rings. The molecule has 0 fully saturated rings. The minimum absolute atomic E-state index is 0.0253. The topological polar surface area (TPSA) is 74.3 Å². The molecule has 39 heavy (non-hydrogen) atoms. The number of carbonyl (C=O) groups excluding carboxylic acids is 2. The summed E-state index contributed by atoms with van der Waals surface area (Å²) in [5, 5.41) is 0.0253. The lowest BCUT2D eigenvalue weighted by Crippen LogP contribution is -2.61. The summed E-state index contributed by atoms with van der Waals surface area (Å²) < 4.78 is 23.8. The highest BCUT2D eigenvalue weighted by Crippen LogP contribution is 2.38. The average Bonchev–Trinajstić information content (AvgIpc) is 2.91. The summed E-state index contributed by atoms with van der Waals surface area (Å²) in [4.78, 5) is 27.4. The fourth-order valence-electron chi connectivity index (χ4n) is 4.33. The van der Waals surface area contributed by atoms with Gasteiger partial charge in [0.25, 0.3) is 0 Å². The lowest BCUT2D eigenvalue weighted by molar-refractivity contribution is -0.111. The molecule has 8 heteroatoms. The number of benzene rings is 2. The molecule has 0 unspecified atom stereocenters. The number of aldehydes is 1. The molecule has 0 aromatic heterocycles. The molecule has 0 N–H and O–H groups in total. The van der Waals surface area contributed by atoms with Gasteiger partial charge in [-0.1, -0.05) is 75.4 Å². The second-order valence-electron chi connectivity index (χ2n) is 11.6. The Morgan fingerprint density at radius 1 is 1.05 bits per heavy atom. The van der Waals surface area contributed by atoms with Gasteiger partial charge >= 0.3 is 6.09 Å². The molecule has 0 bridgehead atoms. The summed E-state index contributed by atoms with van der Waals surface area (Å²) in [5.41, 5.74) is 0.874. The Labute approximate surface area is 234 Å². The molecule has 1 heterocycles. The van der Waals surface area contributed by atoms with Gasteiger partial charge in [0.1, 0.15) is 18.6 Å². The summed E-state index contributed by atoms with van der Waals surface area (Å²) in [6, 6.07) is 16.9. The van der Waals surface area contributed by atoms with Crippen molar-refractivity contribution in [2.45, 2.75) is 76.5 Å². The smallest absolute Gasteiger partial charge is 0.411 e. The van der Waals surface area contributed by atoms with E-state index in [0.29, 0.717) is 19.6 Å². The molecule has 0 radical (unpaired) electrons. The van der Waals surface area contributed by atoms with Gasteiger partial charge in [-0.3, -0.25) is 4.90 Å². The average molecular weight is 554 g/mol. The third-order valence-corrected chi connectivity index (χ3v) is 12.2. The number of nitrogens with zero attached hydrogens (tertiary/aromatic N) is 1. The van der Waals surface area contributed by atoms with Crippen molar-refractivity contribution < 1.29 is 28.2 Å². The maximum Gasteiger partial charge on any atom is 0.411 e. The second kappa shape index (κ2) is 13.4. The van der Waals surface area contributed by atoms with Crippen molar-refractivity contribution >= 4 is 20.7 Å². The largest absolute Gasteiger partial charge is 0.497 e. The van der Waals surface area contributed by atoms with Crippen molar-refractivity contribution in [1.82, 2.24) is 4.90 Å². The summed E-state index contributed by atoms with van der Waals surface area (Å²) in [5.74, 6) is 0.767. The van der Waals surface area contributed by atoms with Crippen LogP contribution >= 0.6 is 0 Å². The van der Waals surface area contributed by atoms with Crippen molar-refractivity contribution in [2.24, 2.45) is 0 Å². The molecule has 1 aliphatic rings. The van der Waals surface area contributed by atoms with Crippen LogP contribution in [0.4, 0.5) is 4.79 Å². The SMILES string of the molecule is COc1ccc(COC[C@]2(CC=O)C=CC[C@H](CO[Si](C)(C)C(C)(C)C)N2C(=O)OCc2ccccc2)cc1. The van der Waals surface area contributed by atoms with E-state index < -0.39 is 19.9 Å². The summed E-state index contributed by atoms with van der Waals surface area (Å²) in [7, 11) is -0.455. The Bertz CT molecular complexity index is 1100. The highest BCUT2D eigenvalue weighted by atomic mass is 28.4. The Morgan fingerprint density at radius 3 is 2.33 bits per heavy atom. The first kappa shape index (κ1) is 30.6. The molecule has 0 saturated heterocycles. The van der Waals surface area contributed by atoms with Crippen LogP contribution in [0.1, 0.15) is 44.7 Å². The highest BCUT2D eigenvalue weighted by molar-refractivity contribution is 6.74. The summed E-state index contributed by atoms with van der Waals surface area (Å²) >= 11 is 0. The maximum absolute atomic E-state index is 13.7. The zero-order valence-electron chi connectivity index (χ0n) is 24.1. The predicted molar refractivity (Wildman–Crippen MR) is 155 cm³/mol. The summed E-state index contributed by atoms with van der Waals surface area (Å²) in [6.45, 7) is 11.9. The van der Waals surface area contributed by atoms with Gasteiger partial charge in [0.05, 0.1) is 38.5 Å². The standard InChI is InChI=1S/C31H43NO6Si/c1-30(2,3)39(5,6)38-23-27-13-10-18-31(19-20-33,24-36-21-26-14-16-28(35-4)17-15-26)32(27)29(34)37-22-25-11-8-7-9-12-25/h7-12,14-18,20,27H,13,19,21-24H2,1-6H3/t27-,31-/m1/s1. The van der Waals surface area contributed by atoms with Crippen molar-refractivity contribution in [3.8, 4) is 5.75 Å². The normalized spacial score (nSPS) is 19.5. The van der Waals surface area contributed by atoms with E-state index in [-0.39, 0.29) is 30.7 Å². The second-order valence-corrected chi connectivity index (χ2v) is 16.4. The molecular formula is C31H43NO6Si. The van der Waals surface area contributed by atoms with Crippen molar-refractivity contribution in [2.75, 3.05) is 20.3 Å². The molecule has 7 nitrogen and oxygen atoms in total. The van der Waals surface area contributed by atoms with E-state index in [1.807, 2.05) is 66.7 Å². The van der Waals surface area contributed by atoms with E-state index in [2.05, 4.69) is 33.9 Å². The molecule has 0 saturated carbocycles. The molecule has 212 valence electrons. The quantitative estimate of drug-likeness (QED) is 0.169. The molecular weight excluding hydrogens is 510 g/mol. The van der Waals surface area contributed by atoms with Crippen molar-refractivity contribution in [1.29, 1.82) is 0 Å². The maximum atomic E-state index is 13.7. The van der Waals surface area contributed by atoms with Crippen LogP contribution in [-0.2, 0) is 31.9 Å². The van der Waals surface area contributed by atoms with Crippen molar-refractivity contribution in [3.63, 3.8) is 0 Å². The predicted octanol–water partition coefficient (Wildman–Crippen LogP) is 6.53. The van der Waals surface area contributed by atoms with E-state index in [0.717, 1.165) is 23.2 Å². The van der Waals surface area contributed by atoms with Crippen LogP contribution in [0.2, 0.25) is 18.1 Å². The fourth-order valence-corrected chi connectivity index (χ4v) is 5.37. The van der Waals surface area contributed by atoms with E-state index in [1.165, 1.54) is 0 Å². The van der Waals surface area contributed by atoms with Crippen LogP contribution in [-0.4, -0.2) is 57.5 Å². The minimum atomic E-state index is -2.08. The van der Waals surface area contributed by atoms with Gasteiger partial charge in [-0.2, -0.15) is 0 Å². The van der Waals surface area contributed by atoms with Crippen molar-refractivity contribution in [3.05, 3.63) is 77.9 Å². The monoisotopic (exact) mass is 553 g/mol. The first-order valence-electron chi connectivity index (χ1n) is 13.5. The Morgan fingerprint density at radius 2 is 1.72 bits per heavy atom. The number of rotatable bonds is 12. The molecule has 0 aliphatic carbocycles.